The Morgan fingerprint density at radius 1 is 0.923 bits per heavy atom. The first-order valence-electron chi connectivity index (χ1n) is 8.30. The number of amides is 2. The average molecular weight is 354 g/mol. The second kappa shape index (κ2) is 9.98. The number of carbonyl (C=O) groups excluding carboxylic acids is 3. The van der Waals surface area contributed by atoms with Crippen molar-refractivity contribution in [1.29, 1.82) is 0 Å². The maximum Gasteiger partial charge on any atom is 0.307 e. The van der Waals surface area contributed by atoms with Crippen LogP contribution in [0.3, 0.4) is 0 Å². The molecule has 2 N–H and O–H groups in total. The molecule has 0 aliphatic heterocycles. The van der Waals surface area contributed by atoms with Gasteiger partial charge < -0.3 is 15.4 Å². The highest BCUT2D eigenvalue weighted by Crippen LogP contribution is 2.16. The summed E-state index contributed by atoms with van der Waals surface area (Å²) in [4.78, 5) is 35.7. The van der Waals surface area contributed by atoms with Crippen LogP contribution in [0.15, 0.2) is 60.7 Å². The van der Waals surface area contributed by atoms with E-state index in [4.69, 9.17) is 0 Å². The van der Waals surface area contributed by atoms with Gasteiger partial charge in [-0.2, -0.15) is 0 Å². The molecule has 6 nitrogen and oxygen atoms in total. The number of carbonyl (C=O) groups is 3. The number of rotatable bonds is 8. The molecule has 2 amide bonds. The van der Waals surface area contributed by atoms with Gasteiger partial charge in [0.1, 0.15) is 0 Å². The van der Waals surface area contributed by atoms with Gasteiger partial charge in [0, 0.05) is 0 Å². The zero-order valence-corrected chi connectivity index (χ0v) is 14.6. The third-order valence-corrected chi connectivity index (χ3v) is 3.79. The maximum atomic E-state index is 12.2. The van der Waals surface area contributed by atoms with E-state index in [1.165, 1.54) is 7.11 Å². The fourth-order valence-corrected chi connectivity index (χ4v) is 2.46. The normalized spacial score (nSPS) is 11.3. The van der Waals surface area contributed by atoms with Crippen molar-refractivity contribution < 1.29 is 19.1 Å². The molecule has 136 valence electrons. The van der Waals surface area contributed by atoms with Gasteiger partial charge in [-0.3, -0.25) is 14.4 Å². The summed E-state index contributed by atoms with van der Waals surface area (Å²) in [6.45, 7) is -0.157. The zero-order valence-electron chi connectivity index (χ0n) is 14.6. The molecule has 0 saturated carbocycles. The van der Waals surface area contributed by atoms with E-state index in [2.05, 4.69) is 15.4 Å². The lowest BCUT2D eigenvalue weighted by Crippen LogP contribution is -2.39. The van der Waals surface area contributed by atoms with Gasteiger partial charge >= 0.3 is 5.97 Å². The number of esters is 1. The van der Waals surface area contributed by atoms with Crippen LogP contribution in [0.2, 0.25) is 0 Å². The van der Waals surface area contributed by atoms with E-state index in [0.29, 0.717) is 0 Å². The van der Waals surface area contributed by atoms with Gasteiger partial charge in [-0.25, -0.2) is 0 Å². The van der Waals surface area contributed by atoms with Crippen molar-refractivity contribution in [1.82, 2.24) is 10.6 Å². The molecule has 1 atom stereocenters. The molecule has 0 aliphatic rings. The Bertz CT molecular complexity index is 732. The average Bonchev–Trinajstić information content (AvgIpc) is 2.67. The second-order valence-electron chi connectivity index (χ2n) is 5.75. The first-order chi connectivity index (χ1) is 12.6. The van der Waals surface area contributed by atoms with Crippen molar-refractivity contribution in [3.05, 3.63) is 71.8 Å². The molecule has 0 aliphatic carbocycles. The number of methoxy groups -OCH3 is 1. The quantitative estimate of drug-likeness (QED) is 0.708. The van der Waals surface area contributed by atoms with E-state index in [1.807, 2.05) is 60.7 Å². The largest absolute Gasteiger partial charge is 0.469 e. The lowest BCUT2D eigenvalue weighted by molar-refractivity contribution is -0.141. The van der Waals surface area contributed by atoms with Crippen LogP contribution >= 0.6 is 0 Å². The molecule has 1 unspecified atom stereocenters. The van der Waals surface area contributed by atoms with Crippen molar-refractivity contribution in [3.63, 3.8) is 0 Å². The van der Waals surface area contributed by atoms with Gasteiger partial charge in [0.25, 0.3) is 0 Å². The SMILES string of the molecule is COC(=O)CC(NC(=O)CNC(=O)Cc1ccccc1)c1ccccc1. The molecule has 0 bridgehead atoms. The second-order valence-corrected chi connectivity index (χ2v) is 5.75. The molecule has 0 spiro atoms. The van der Waals surface area contributed by atoms with Gasteiger partial charge in [-0.15, -0.1) is 0 Å². The monoisotopic (exact) mass is 354 g/mol. The minimum Gasteiger partial charge on any atom is -0.469 e. The molecule has 2 aromatic rings. The summed E-state index contributed by atoms with van der Waals surface area (Å²) in [5, 5.41) is 5.35. The number of hydrogen-bond acceptors (Lipinski definition) is 4. The van der Waals surface area contributed by atoms with E-state index in [9.17, 15) is 14.4 Å². The highest BCUT2D eigenvalue weighted by molar-refractivity contribution is 5.86. The predicted molar refractivity (Wildman–Crippen MR) is 97.1 cm³/mol. The van der Waals surface area contributed by atoms with Crippen LogP contribution in [0.1, 0.15) is 23.6 Å². The molecule has 0 fully saturated rings. The molecule has 0 heterocycles. The first kappa shape index (κ1) is 19.2. The first-order valence-corrected chi connectivity index (χ1v) is 8.30. The Balaban J connectivity index is 1.88. The van der Waals surface area contributed by atoms with Gasteiger partial charge in [0.15, 0.2) is 0 Å². The number of ether oxygens (including phenoxy) is 1. The molecule has 0 radical (unpaired) electrons. The molecular weight excluding hydrogens is 332 g/mol. The summed E-state index contributed by atoms with van der Waals surface area (Å²) >= 11 is 0. The lowest BCUT2D eigenvalue weighted by Gasteiger charge is -2.18. The smallest absolute Gasteiger partial charge is 0.307 e. The van der Waals surface area contributed by atoms with Crippen molar-refractivity contribution >= 4 is 17.8 Å². The van der Waals surface area contributed by atoms with Crippen LogP contribution in [-0.2, 0) is 25.5 Å². The Morgan fingerprint density at radius 2 is 1.54 bits per heavy atom. The summed E-state index contributed by atoms with van der Waals surface area (Å²) in [7, 11) is 1.30. The van der Waals surface area contributed by atoms with Gasteiger partial charge in [-0.1, -0.05) is 60.7 Å². The van der Waals surface area contributed by atoms with Crippen LogP contribution < -0.4 is 10.6 Å². The predicted octanol–water partition coefficient (Wildman–Crippen LogP) is 1.77. The summed E-state index contributed by atoms with van der Waals surface area (Å²) in [6, 6.07) is 17.9. The molecule has 0 aromatic heterocycles. The van der Waals surface area contributed by atoms with Crippen LogP contribution in [-0.4, -0.2) is 31.4 Å². The molecule has 26 heavy (non-hydrogen) atoms. The summed E-state index contributed by atoms with van der Waals surface area (Å²) in [5.74, 6) is -1.04. The van der Waals surface area contributed by atoms with Gasteiger partial charge in [-0.05, 0) is 11.1 Å². The van der Waals surface area contributed by atoms with E-state index in [0.717, 1.165) is 11.1 Å². The van der Waals surface area contributed by atoms with E-state index in [-0.39, 0.29) is 31.2 Å². The van der Waals surface area contributed by atoms with Gasteiger partial charge in [0.2, 0.25) is 11.8 Å². The highest BCUT2D eigenvalue weighted by Gasteiger charge is 2.19. The van der Waals surface area contributed by atoms with E-state index in [1.54, 1.807) is 0 Å². The number of hydrogen-bond donors (Lipinski definition) is 2. The summed E-state index contributed by atoms with van der Waals surface area (Å²) in [6.07, 6.45) is 0.225. The maximum absolute atomic E-state index is 12.2. The molecular formula is C20H22N2O4. The summed E-state index contributed by atoms with van der Waals surface area (Å²) in [5.41, 5.74) is 1.67. The fourth-order valence-electron chi connectivity index (χ4n) is 2.46. The van der Waals surface area contributed by atoms with Crippen molar-refractivity contribution in [2.45, 2.75) is 18.9 Å². The van der Waals surface area contributed by atoms with E-state index >= 15 is 0 Å². The Morgan fingerprint density at radius 3 is 2.15 bits per heavy atom. The van der Waals surface area contributed by atoms with Crippen molar-refractivity contribution in [2.75, 3.05) is 13.7 Å². The van der Waals surface area contributed by atoms with Crippen LogP contribution in [0.5, 0.6) is 0 Å². The molecule has 6 heteroatoms. The Kier molecular flexibility index (Phi) is 7.36. The molecule has 2 aromatic carbocycles. The zero-order chi connectivity index (χ0) is 18.8. The van der Waals surface area contributed by atoms with Crippen molar-refractivity contribution in [2.24, 2.45) is 0 Å². The standard InChI is InChI=1S/C20H22N2O4/c1-26-20(25)13-17(16-10-6-3-7-11-16)22-19(24)14-21-18(23)12-15-8-4-2-5-9-15/h2-11,17H,12-14H2,1H3,(H,21,23)(H,22,24). The van der Waals surface area contributed by atoms with Crippen LogP contribution in [0, 0.1) is 0 Å². The van der Waals surface area contributed by atoms with Gasteiger partial charge in [0.05, 0.1) is 32.5 Å². The lowest BCUT2D eigenvalue weighted by atomic mass is 10.0. The minimum atomic E-state index is -0.512. The topological polar surface area (TPSA) is 84.5 Å². The third kappa shape index (κ3) is 6.39. The van der Waals surface area contributed by atoms with Crippen LogP contribution in [0.25, 0.3) is 0 Å². The minimum absolute atomic E-state index is 0.0181. The Hall–Kier alpha value is -3.15. The Labute approximate surface area is 152 Å². The highest BCUT2D eigenvalue weighted by atomic mass is 16.5. The number of nitrogens with one attached hydrogen (secondary N) is 2. The third-order valence-electron chi connectivity index (χ3n) is 3.79. The number of benzene rings is 2. The fraction of sp³-hybridized carbons (Fsp3) is 0.250. The van der Waals surface area contributed by atoms with Crippen molar-refractivity contribution in [3.8, 4) is 0 Å². The van der Waals surface area contributed by atoms with E-state index < -0.39 is 12.0 Å². The molecule has 0 saturated heterocycles. The van der Waals surface area contributed by atoms with Crippen LogP contribution in [0.4, 0.5) is 0 Å². The summed E-state index contributed by atoms with van der Waals surface area (Å²) < 4.78 is 4.69. The molecule has 2 rings (SSSR count).